The fraction of sp³-hybridized carbons (Fsp3) is 0.125. The Labute approximate surface area is 180 Å². The number of aryl methyl sites for hydroxylation is 1. The standard InChI is InChI=1S/C24H24N4O3/c1-17-7-11-20(12-8-17)27-24(31)28-21-13-9-19(10-14-21)23(30)26-16-15-25-22(29)18-5-3-2-4-6-18/h2-14H,15-16H2,1H3,(H,25,29)(H,26,30)(H2,27,28,31). The Morgan fingerprint density at radius 3 is 1.58 bits per heavy atom. The van der Waals surface area contributed by atoms with Crippen LogP contribution in [0, 0.1) is 6.92 Å². The quantitative estimate of drug-likeness (QED) is 0.441. The van der Waals surface area contributed by atoms with Gasteiger partial charge in [-0.15, -0.1) is 0 Å². The Bertz CT molecular complexity index is 1030. The van der Waals surface area contributed by atoms with E-state index < -0.39 is 0 Å². The van der Waals surface area contributed by atoms with Crippen molar-refractivity contribution in [3.8, 4) is 0 Å². The average molecular weight is 416 g/mol. The predicted octanol–water partition coefficient (Wildman–Crippen LogP) is 3.80. The van der Waals surface area contributed by atoms with Crippen molar-refractivity contribution in [3.63, 3.8) is 0 Å². The number of carbonyl (C=O) groups excluding carboxylic acids is 3. The van der Waals surface area contributed by atoms with E-state index in [1.807, 2.05) is 37.3 Å². The second kappa shape index (κ2) is 10.6. The molecule has 7 heteroatoms. The molecular formula is C24H24N4O3. The molecule has 0 spiro atoms. The smallest absolute Gasteiger partial charge is 0.323 e. The van der Waals surface area contributed by atoms with Crippen LogP contribution in [0.15, 0.2) is 78.9 Å². The summed E-state index contributed by atoms with van der Waals surface area (Å²) in [5, 5.41) is 11.0. The van der Waals surface area contributed by atoms with Crippen LogP contribution in [-0.4, -0.2) is 30.9 Å². The SMILES string of the molecule is Cc1ccc(NC(=O)Nc2ccc(C(=O)NCCNC(=O)c3ccccc3)cc2)cc1. The van der Waals surface area contributed by atoms with Crippen molar-refractivity contribution in [1.82, 2.24) is 10.6 Å². The summed E-state index contributed by atoms with van der Waals surface area (Å²) >= 11 is 0. The van der Waals surface area contributed by atoms with Gasteiger partial charge in [0.05, 0.1) is 0 Å². The lowest BCUT2D eigenvalue weighted by Gasteiger charge is -2.09. The minimum absolute atomic E-state index is 0.186. The fourth-order valence-corrected chi connectivity index (χ4v) is 2.78. The number of anilines is 2. The molecule has 7 nitrogen and oxygen atoms in total. The van der Waals surface area contributed by atoms with Gasteiger partial charge in [-0.3, -0.25) is 9.59 Å². The molecule has 0 saturated heterocycles. The fourth-order valence-electron chi connectivity index (χ4n) is 2.78. The van der Waals surface area contributed by atoms with Crippen LogP contribution >= 0.6 is 0 Å². The summed E-state index contributed by atoms with van der Waals surface area (Å²) in [7, 11) is 0. The maximum Gasteiger partial charge on any atom is 0.323 e. The van der Waals surface area contributed by atoms with E-state index >= 15 is 0 Å². The minimum atomic E-state index is -0.366. The van der Waals surface area contributed by atoms with Crippen LogP contribution in [0.5, 0.6) is 0 Å². The molecule has 3 aromatic rings. The molecule has 0 unspecified atom stereocenters. The molecule has 31 heavy (non-hydrogen) atoms. The molecule has 3 aromatic carbocycles. The number of benzene rings is 3. The zero-order chi connectivity index (χ0) is 22.1. The van der Waals surface area contributed by atoms with Gasteiger partial charge in [-0.2, -0.15) is 0 Å². The lowest BCUT2D eigenvalue weighted by Crippen LogP contribution is -2.34. The van der Waals surface area contributed by atoms with Crippen LogP contribution in [0.1, 0.15) is 26.3 Å². The molecule has 0 saturated carbocycles. The van der Waals surface area contributed by atoms with E-state index in [1.165, 1.54) is 0 Å². The Hall–Kier alpha value is -4.13. The van der Waals surface area contributed by atoms with Crippen molar-refractivity contribution in [3.05, 3.63) is 95.6 Å². The molecule has 0 radical (unpaired) electrons. The second-order valence-corrected chi connectivity index (χ2v) is 6.90. The molecule has 0 atom stereocenters. The van der Waals surface area contributed by atoms with Gasteiger partial charge in [0.2, 0.25) is 0 Å². The van der Waals surface area contributed by atoms with E-state index in [0.29, 0.717) is 35.6 Å². The monoisotopic (exact) mass is 416 g/mol. The highest BCUT2D eigenvalue weighted by Crippen LogP contribution is 2.12. The lowest BCUT2D eigenvalue weighted by atomic mass is 10.2. The van der Waals surface area contributed by atoms with E-state index in [0.717, 1.165) is 5.56 Å². The topological polar surface area (TPSA) is 99.3 Å². The van der Waals surface area contributed by atoms with Gasteiger partial charge in [0.1, 0.15) is 0 Å². The molecule has 4 N–H and O–H groups in total. The number of carbonyl (C=O) groups is 3. The summed E-state index contributed by atoms with van der Waals surface area (Å²) in [6, 6.07) is 22.5. The molecule has 0 bridgehead atoms. The van der Waals surface area contributed by atoms with E-state index in [2.05, 4.69) is 21.3 Å². The summed E-state index contributed by atoms with van der Waals surface area (Å²) in [6.07, 6.45) is 0. The summed E-state index contributed by atoms with van der Waals surface area (Å²) in [5.74, 6) is -0.446. The Morgan fingerprint density at radius 1 is 0.613 bits per heavy atom. The van der Waals surface area contributed by atoms with Crippen molar-refractivity contribution in [1.29, 1.82) is 0 Å². The van der Waals surface area contributed by atoms with Crippen molar-refractivity contribution >= 4 is 29.2 Å². The third kappa shape index (κ3) is 6.71. The normalized spacial score (nSPS) is 10.1. The molecule has 0 aromatic heterocycles. The van der Waals surface area contributed by atoms with Crippen LogP contribution in [0.2, 0.25) is 0 Å². The van der Waals surface area contributed by atoms with E-state index in [-0.39, 0.29) is 17.8 Å². The second-order valence-electron chi connectivity index (χ2n) is 6.90. The number of hydrogen-bond acceptors (Lipinski definition) is 3. The van der Waals surface area contributed by atoms with E-state index in [1.54, 1.807) is 48.5 Å². The van der Waals surface area contributed by atoms with Gasteiger partial charge in [0, 0.05) is 35.6 Å². The number of rotatable bonds is 7. The molecular weight excluding hydrogens is 392 g/mol. The number of nitrogens with one attached hydrogen (secondary N) is 4. The predicted molar refractivity (Wildman–Crippen MR) is 121 cm³/mol. The maximum atomic E-state index is 12.2. The van der Waals surface area contributed by atoms with E-state index in [9.17, 15) is 14.4 Å². The first-order valence-corrected chi connectivity index (χ1v) is 9.87. The number of amides is 4. The first kappa shape index (κ1) is 21.6. The zero-order valence-electron chi connectivity index (χ0n) is 17.1. The average Bonchev–Trinajstić information content (AvgIpc) is 2.79. The Morgan fingerprint density at radius 2 is 1.06 bits per heavy atom. The minimum Gasteiger partial charge on any atom is -0.350 e. The molecule has 0 aliphatic rings. The molecule has 0 aliphatic carbocycles. The summed E-state index contributed by atoms with van der Waals surface area (Å²) in [6.45, 7) is 2.59. The van der Waals surface area contributed by atoms with Crippen molar-refractivity contribution in [2.75, 3.05) is 23.7 Å². The van der Waals surface area contributed by atoms with Crippen LogP contribution in [0.3, 0.4) is 0 Å². The highest BCUT2D eigenvalue weighted by atomic mass is 16.2. The number of urea groups is 1. The van der Waals surface area contributed by atoms with Crippen molar-refractivity contribution in [2.45, 2.75) is 6.92 Å². The molecule has 158 valence electrons. The van der Waals surface area contributed by atoms with Gasteiger partial charge < -0.3 is 21.3 Å². The van der Waals surface area contributed by atoms with Gasteiger partial charge in [-0.1, -0.05) is 35.9 Å². The molecule has 0 fully saturated rings. The van der Waals surface area contributed by atoms with Crippen LogP contribution in [0.4, 0.5) is 16.2 Å². The Balaban J connectivity index is 1.41. The van der Waals surface area contributed by atoms with Crippen molar-refractivity contribution in [2.24, 2.45) is 0 Å². The van der Waals surface area contributed by atoms with Gasteiger partial charge in [0.15, 0.2) is 0 Å². The van der Waals surface area contributed by atoms with Crippen molar-refractivity contribution < 1.29 is 14.4 Å². The van der Waals surface area contributed by atoms with Gasteiger partial charge in [-0.05, 0) is 55.5 Å². The molecule has 0 heterocycles. The highest BCUT2D eigenvalue weighted by molar-refractivity contribution is 6.00. The van der Waals surface area contributed by atoms with Crippen LogP contribution < -0.4 is 21.3 Å². The summed E-state index contributed by atoms with van der Waals surface area (Å²) in [4.78, 5) is 36.3. The van der Waals surface area contributed by atoms with Crippen LogP contribution in [-0.2, 0) is 0 Å². The largest absolute Gasteiger partial charge is 0.350 e. The third-order valence-electron chi connectivity index (χ3n) is 4.45. The first-order valence-electron chi connectivity index (χ1n) is 9.87. The van der Waals surface area contributed by atoms with Gasteiger partial charge in [0.25, 0.3) is 11.8 Å². The molecule has 3 rings (SSSR count). The lowest BCUT2D eigenvalue weighted by molar-refractivity contribution is 0.0927. The molecule has 0 aliphatic heterocycles. The van der Waals surface area contributed by atoms with Gasteiger partial charge in [-0.25, -0.2) is 4.79 Å². The third-order valence-corrected chi connectivity index (χ3v) is 4.45. The summed E-state index contributed by atoms with van der Waals surface area (Å²) < 4.78 is 0. The Kier molecular flexibility index (Phi) is 7.37. The first-order chi connectivity index (χ1) is 15.0. The maximum absolute atomic E-state index is 12.2. The molecule has 4 amide bonds. The van der Waals surface area contributed by atoms with E-state index in [4.69, 9.17) is 0 Å². The number of hydrogen-bond donors (Lipinski definition) is 4. The van der Waals surface area contributed by atoms with Gasteiger partial charge >= 0.3 is 6.03 Å². The highest BCUT2D eigenvalue weighted by Gasteiger charge is 2.08. The zero-order valence-corrected chi connectivity index (χ0v) is 17.1. The summed E-state index contributed by atoms with van der Waals surface area (Å²) in [5.41, 5.74) is 3.40. The van der Waals surface area contributed by atoms with Crippen LogP contribution in [0.25, 0.3) is 0 Å².